The number of rotatable bonds is 47. The number of aryl methyl sites for hydroxylation is 2. The summed E-state index contributed by atoms with van der Waals surface area (Å²) in [5.74, 6) is 1.41. The van der Waals surface area contributed by atoms with Gasteiger partial charge in [0.1, 0.15) is 22.1 Å². The average molecular weight is 1350 g/mol. The number of thiophene rings is 4. The van der Waals surface area contributed by atoms with E-state index >= 15 is 0 Å². The summed E-state index contributed by atoms with van der Waals surface area (Å²) in [4.78, 5) is 8.32. The molecule has 92 heavy (non-hydrogen) atoms. The summed E-state index contributed by atoms with van der Waals surface area (Å²) in [6, 6.07) is 24.5. The van der Waals surface area contributed by atoms with Crippen molar-refractivity contribution in [2.45, 2.75) is 311 Å². The van der Waals surface area contributed by atoms with E-state index in [0.717, 1.165) is 45.2 Å². The van der Waals surface area contributed by atoms with Gasteiger partial charge in [-0.05, 0) is 96.8 Å². The van der Waals surface area contributed by atoms with E-state index in [1.165, 1.54) is 364 Å². The lowest BCUT2D eigenvalue weighted by Gasteiger charge is -2.17. The molecule has 498 valence electrons. The summed E-state index contributed by atoms with van der Waals surface area (Å²) in [6.45, 7) is 13.9. The zero-order valence-electron chi connectivity index (χ0n) is 57.9. The van der Waals surface area contributed by atoms with Crippen LogP contribution in [0.1, 0.15) is 305 Å². The van der Waals surface area contributed by atoms with Crippen LogP contribution in [-0.4, -0.2) is 17.5 Å². The van der Waals surface area contributed by atoms with Crippen LogP contribution in [-0.2, 0) is 12.8 Å². The fraction of sp³-hybridized carbons (Fsp3) is 0.610. The number of aromatic nitrogens is 4. The molecule has 0 aliphatic rings. The molecule has 10 rings (SSSR count). The Balaban J connectivity index is 0.939. The third-order valence-corrected chi connectivity index (χ3v) is 26.5. The van der Waals surface area contributed by atoms with E-state index in [2.05, 4.69) is 102 Å². The molecule has 2 unspecified atom stereocenters. The smallest absolute Gasteiger partial charge is 0.114 e. The van der Waals surface area contributed by atoms with Crippen LogP contribution in [0.5, 0.6) is 0 Å². The number of unbranched alkanes of at least 4 members (excludes halogenated alkanes) is 32. The van der Waals surface area contributed by atoms with E-state index in [4.69, 9.17) is 17.5 Å². The van der Waals surface area contributed by atoms with Crippen molar-refractivity contribution in [1.82, 2.24) is 17.5 Å². The first-order valence-electron chi connectivity index (χ1n) is 37.8. The molecule has 6 heterocycles. The molecule has 6 aromatic heterocycles. The first-order chi connectivity index (χ1) is 45.3. The topological polar surface area (TPSA) is 51.6 Å². The predicted octanol–water partition coefficient (Wildman–Crippen LogP) is 30.2. The Kier molecular flexibility index (Phi) is 29.6. The highest BCUT2D eigenvalue weighted by Gasteiger charge is 2.25. The Morgan fingerprint density at radius 2 is 0.674 bits per heavy atom. The monoisotopic (exact) mass is 1350 g/mol. The highest BCUT2D eigenvalue weighted by molar-refractivity contribution is 7.28. The van der Waals surface area contributed by atoms with Crippen LogP contribution in [0.3, 0.4) is 0 Å². The summed E-state index contributed by atoms with van der Waals surface area (Å²) < 4.78 is 23.6. The van der Waals surface area contributed by atoms with Gasteiger partial charge < -0.3 is 0 Å². The van der Waals surface area contributed by atoms with Crippen LogP contribution in [0.25, 0.3) is 94.4 Å². The fourth-order valence-electron chi connectivity index (χ4n) is 15.1. The molecular formula is C82H114N4S6. The highest BCUT2D eigenvalue weighted by Crippen LogP contribution is 2.50. The van der Waals surface area contributed by atoms with Crippen molar-refractivity contribution in [1.29, 1.82) is 0 Å². The molecule has 0 radical (unpaired) electrons. The first kappa shape index (κ1) is 71.1. The van der Waals surface area contributed by atoms with Gasteiger partial charge in [-0.3, -0.25) is 0 Å². The number of nitrogens with zero attached hydrogens (tertiary/aromatic N) is 4. The van der Waals surface area contributed by atoms with Crippen LogP contribution in [0, 0.1) is 25.7 Å². The van der Waals surface area contributed by atoms with Gasteiger partial charge in [0.05, 0.1) is 23.5 Å². The van der Waals surface area contributed by atoms with Crippen LogP contribution in [0.15, 0.2) is 60.7 Å². The maximum absolute atomic E-state index is 5.23. The maximum Gasteiger partial charge on any atom is 0.114 e. The molecule has 4 aromatic carbocycles. The van der Waals surface area contributed by atoms with E-state index in [1.54, 1.807) is 5.56 Å². The van der Waals surface area contributed by atoms with E-state index in [-0.39, 0.29) is 0 Å². The van der Waals surface area contributed by atoms with Crippen molar-refractivity contribution in [3.63, 3.8) is 0 Å². The fourth-order valence-corrected chi connectivity index (χ4v) is 20.9. The zero-order valence-corrected chi connectivity index (χ0v) is 62.8. The molecule has 0 fully saturated rings. The molecule has 0 spiro atoms. The Bertz CT molecular complexity index is 3770. The molecular weight excluding hydrogens is 1230 g/mol. The van der Waals surface area contributed by atoms with Gasteiger partial charge in [0.2, 0.25) is 0 Å². The Labute approximate surface area is 580 Å². The second kappa shape index (κ2) is 38.3. The molecule has 10 aromatic rings. The summed E-state index contributed by atoms with van der Waals surface area (Å²) in [6.07, 6.45) is 57.6. The van der Waals surface area contributed by atoms with Crippen molar-refractivity contribution in [3.8, 4) is 30.6 Å². The van der Waals surface area contributed by atoms with Crippen molar-refractivity contribution in [3.05, 3.63) is 81.5 Å². The Hall–Kier alpha value is -3.64. The van der Waals surface area contributed by atoms with Crippen molar-refractivity contribution < 1.29 is 0 Å². The third kappa shape index (κ3) is 19.8. The number of hydrogen-bond acceptors (Lipinski definition) is 10. The molecule has 0 bridgehead atoms. The van der Waals surface area contributed by atoms with Gasteiger partial charge in [-0.15, -0.1) is 45.3 Å². The molecule has 10 heteroatoms. The van der Waals surface area contributed by atoms with Crippen LogP contribution in [0.4, 0.5) is 0 Å². The van der Waals surface area contributed by atoms with Gasteiger partial charge in [0.25, 0.3) is 0 Å². The maximum atomic E-state index is 5.23. The van der Waals surface area contributed by atoms with E-state index < -0.39 is 0 Å². The minimum atomic E-state index is 0.666. The molecule has 0 aliphatic carbocycles. The van der Waals surface area contributed by atoms with Gasteiger partial charge in [-0.1, -0.05) is 309 Å². The van der Waals surface area contributed by atoms with Crippen LogP contribution >= 0.6 is 68.8 Å². The molecule has 0 saturated heterocycles. The summed E-state index contributed by atoms with van der Waals surface area (Å²) in [5.41, 5.74) is 9.52. The molecule has 2 atom stereocenters. The minimum absolute atomic E-state index is 0.666. The second-order valence-electron chi connectivity index (χ2n) is 28.2. The molecule has 0 aliphatic heterocycles. The standard InChI is InChI=1S/C82H114N4S6/c1-7-11-15-19-23-27-29-33-37-40-44-61(43-39-35-31-25-21-17-13-9-3)52-65-55-73(88-60(65)6)71-57-69-70(76-78(71)85-91-83-76)58-72(79-77(69)84-92-86-79)74-56-66(53-62(45-41-36-32-26-22-18-14-10-4)46-42-38-34-30-28-24-20-16-12-8-2)82(89-74)75-54-64-48-50-67-68(81(64)90-75)49-47-63-51-59(5)87-80(63)67/h47-51,54-58,61-62H,7-46,52-53H2,1-6H3. The molecule has 0 N–H and O–H groups in total. The molecule has 0 amide bonds. The minimum Gasteiger partial charge on any atom is -0.172 e. The number of benzene rings is 4. The van der Waals surface area contributed by atoms with Crippen molar-refractivity contribution in [2.24, 2.45) is 11.8 Å². The lowest BCUT2D eigenvalue weighted by atomic mass is 9.88. The van der Waals surface area contributed by atoms with Gasteiger partial charge in [-0.25, -0.2) is 0 Å². The Morgan fingerprint density at radius 1 is 0.315 bits per heavy atom. The molecule has 0 saturated carbocycles. The summed E-state index contributed by atoms with van der Waals surface area (Å²) in [7, 11) is 0. The number of fused-ring (bicyclic) bond motifs is 10. The van der Waals surface area contributed by atoms with Crippen LogP contribution < -0.4 is 0 Å². The molecule has 4 nitrogen and oxygen atoms in total. The van der Waals surface area contributed by atoms with Gasteiger partial charge >= 0.3 is 0 Å². The van der Waals surface area contributed by atoms with E-state index in [1.807, 2.05) is 45.3 Å². The van der Waals surface area contributed by atoms with Gasteiger partial charge in [0, 0.05) is 71.3 Å². The predicted molar refractivity (Wildman–Crippen MR) is 417 cm³/mol. The Morgan fingerprint density at radius 3 is 1.11 bits per heavy atom. The summed E-state index contributed by atoms with van der Waals surface area (Å²) >= 11 is 10.7. The summed E-state index contributed by atoms with van der Waals surface area (Å²) in [5, 5.41) is 7.79. The largest absolute Gasteiger partial charge is 0.172 e. The van der Waals surface area contributed by atoms with Crippen molar-refractivity contribution >= 4 is 133 Å². The lowest BCUT2D eigenvalue weighted by Crippen LogP contribution is -2.05. The van der Waals surface area contributed by atoms with E-state index in [9.17, 15) is 0 Å². The quantitative estimate of drug-likeness (QED) is 0.0357. The first-order valence-corrected chi connectivity index (χ1v) is 42.5. The lowest BCUT2D eigenvalue weighted by molar-refractivity contribution is 0.399. The van der Waals surface area contributed by atoms with Crippen LogP contribution in [0.2, 0.25) is 0 Å². The highest BCUT2D eigenvalue weighted by atomic mass is 32.1. The number of hydrogen-bond donors (Lipinski definition) is 0. The normalized spacial score (nSPS) is 12.9. The van der Waals surface area contributed by atoms with Gasteiger partial charge in [-0.2, -0.15) is 17.5 Å². The second-order valence-corrected chi connectivity index (χ2v) is 33.8. The SMILES string of the molecule is CCCCCCCCCCCCC(CCCCCCCCCC)Cc1cc(-c2cc3c(cc(-c4cc(CC(CCCCCCCCCC)CCCCCCCCCCCC)c(-c5cc6ccc7c(ccc8cc(C)sc87)c6s5)s4)c4nsnc43)c3nsnc23)sc1C. The van der Waals surface area contributed by atoms with E-state index in [0.29, 0.717) is 5.92 Å². The van der Waals surface area contributed by atoms with Crippen molar-refractivity contribution in [2.75, 3.05) is 0 Å². The third-order valence-electron chi connectivity index (χ3n) is 20.6. The average Bonchev–Trinajstić information content (AvgIpc) is 1.53. The van der Waals surface area contributed by atoms with Gasteiger partial charge in [0.15, 0.2) is 0 Å². The zero-order chi connectivity index (χ0) is 63.7.